The molecular weight excluding hydrogens is 569 g/mol. The summed E-state index contributed by atoms with van der Waals surface area (Å²) < 4.78 is 29.9. The van der Waals surface area contributed by atoms with Crippen molar-refractivity contribution >= 4 is 61.9 Å². The van der Waals surface area contributed by atoms with Gasteiger partial charge in [-0.1, -0.05) is 23.2 Å². The van der Waals surface area contributed by atoms with Crippen LogP contribution in [0.25, 0.3) is 16.6 Å². The summed E-state index contributed by atoms with van der Waals surface area (Å²) in [5, 5.41) is 20.2. The van der Waals surface area contributed by atoms with Crippen LogP contribution >= 0.6 is 23.2 Å². The number of carboxylic acid groups (broad SMARTS) is 2. The number of aromatic carboxylic acids is 1. The minimum absolute atomic E-state index is 0.0299. The van der Waals surface area contributed by atoms with Crippen molar-refractivity contribution in [1.29, 1.82) is 0 Å². The van der Waals surface area contributed by atoms with E-state index in [0.29, 0.717) is 27.4 Å². The van der Waals surface area contributed by atoms with E-state index < -0.39 is 28.0 Å². The van der Waals surface area contributed by atoms with Crippen LogP contribution in [-0.4, -0.2) is 64.2 Å². The van der Waals surface area contributed by atoms with E-state index in [1.807, 2.05) is 0 Å². The molecule has 14 heteroatoms. The Kier molecular flexibility index (Phi) is 7.21. The molecule has 2 atom stereocenters. The van der Waals surface area contributed by atoms with Crippen LogP contribution in [0.2, 0.25) is 10.0 Å². The van der Waals surface area contributed by atoms with Crippen LogP contribution in [0, 0.1) is 5.92 Å². The van der Waals surface area contributed by atoms with Crippen LogP contribution in [0.1, 0.15) is 16.8 Å². The summed E-state index contributed by atoms with van der Waals surface area (Å²) >= 11 is 12.7. The Hall–Kier alpha value is -3.71. The fourth-order valence-electron chi connectivity index (χ4n) is 4.61. The molecule has 0 unspecified atom stereocenters. The molecule has 2 aromatic carbocycles. The van der Waals surface area contributed by atoms with Gasteiger partial charge in [0.1, 0.15) is 11.9 Å². The van der Waals surface area contributed by atoms with Gasteiger partial charge in [0.05, 0.1) is 38.0 Å². The summed E-state index contributed by atoms with van der Waals surface area (Å²) in [5.41, 5.74) is 1.02. The molecule has 0 amide bonds. The third-order valence-electron chi connectivity index (χ3n) is 6.56. The zero-order valence-corrected chi connectivity index (χ0v) is 22.4. The molecule has 0 saturated carbocycles. The van der Waals surface area contributed by atoms with Crippen LogP contribution in [0.15, 0.2) is 66.1 Å². The number of carboxylic acids is 2. The fraction of sp³-hybridized carbons (Fsp3) is 0.200. The first-order valence-electron chi connectivity index (χ1n) is 11.6. The molecule has 3 N–H and O–H groups in total. The van der Waals surface area contributed by atoms with E-state index >= 15 is 0 Å². The second kappa shape index (κ2) is 10.5. The van der Waals surface area contributed by atoms with E-state index in [1.165, 1.54) is 24.3 Å². The average molecular weight is 590 g/mol. The molecule has 4 aromatic rings. The van der Waals surface area contributed by atoms with Crippen molar-refractivity contribution in [3.05, 3.63) is 76.8 Å². The lowest BCUT2D eigenvalue weighted by atomic mass is 10.1. The quantitative estimate of drug-likeness (QED) is 0.279. The lowest BCUT2D eigenvalue weighted by molar-refractivity contribution is -0.138. The number of carbonyl (C=O) groups is 2. The van der Waals surface area contributed by atoms with Gasteiger partial charge in [0.15, 0.2) is 0 Å². The lowest BCUT2D eigenvalue weighted by Gasteiger charge is -2.24. The molecule has 202 valence electrons. The van der Waals surface area contributed by atoms with Crippen LogP contribution < -0.4 is 9.62 Å². The summed E-state index contributed by atoms with van der Waals surface area (Å²) in [6.45, 7) is 0.176. The van der Waals surface area contributed by atoms with Gasteiger partial charge in [-0.2, -0.15) is 0 Å². The monoisotopic (exact) mass is 589 g/mol. The zero-order chi connectivity index (χ0) is 27.9. The number of sulfonamides is 1. The number of aliphatic carboxylic acids is 1. The maximum absolute atomic E-state index is 12.8. The van der Waals surface area contributed by atoms with Crippen molar-refractivity contribution in [2.45, 2.75) is 17.4 Å². The van der Waals surface area contributed by atoms with Gasteiger partial charge in [-0.15, -0.1) is 0 Å². The van der Waals surface area contributed by atoms with Crippen LogP contribution in [0.4, 0.5) is 5.82 Å². The van der Waals surface area contributed by atoms with Crippen LogP contribution in [0.3, 0.4) is 0 Å². The molecule has 0 aliphatic carbocycles. The van der Waals surface area contributed by atoms with Gasteiger partial charge in [0.2, 0.25) is 10.0 Å². The molecule has 0 radical (unpaired) electrons. The van der Waals surface area contributed by atoms with Crippen molar-refractivity contribution < 1.29 is 28.2 Å². The number of anilines is 1. The molecule has 2 aromatic heterocycles. The molecule has 1 saturated heterocycles. The first kappa shape index (κ1) is 26.9. The molecule has 5 rings (SSSR count). The Morgan fingerprint density at radius 1 is 1.10 bits per heavy atom. The van der Waals surface area contributed by atoms with Gasteiger partial charge in [0.25, 0.3) is 0 Å². The van der Waals surface area contributed by atoms with Gasteiger partial charge in [-0.3, -0.25) is 0 Å². The molecule has 1 fully saturated rings. The van der Waals surface area contributed by atoms with Crippen molar-refractivity contribution in [3.8, 4) is 5.69 Å². The Labute approximate surface area is 232 Å². The number of imidazole rings is 1. The number of pyridine rings is 1. The van der Waals surface area contributed by atoms with E-state index in [4.69, 9.17) is 28.3 Å². The molecule has 11 nitrogen and oxygen atoms in total. The van der Waals surface area contributed by atoms with Gasteiger partial charge in [0, 0.05) is 36.9 Å². The average Bonchev–Trinajstić information content (AvgIpc) is 3.60. The fourth-order valence-corrected chi connectivity index (χ4v) is 6.09. The molecule has 1 aliphatic heterocycles. The zero-order valence-electron chi connectivity index (χ0n) is 20.0. The largest absolute Gasteiger partial charge is 0.480 e. The van der Waals surface area contributed by atoms with E-state index in [0.717, 1.165) is 0 Å². The minimum atomic E-state index is -3.95. The minimum Gasteiger partial charge on any atom is -0.480 e. The van der Waals surface area contributed by atoms with Gasteiger partial charge >= 0.3 is 11.9 Å². The maximum atomic E-state index is 12.8. The summed E-state index contributed by atoms with van der Waals surface area (Å²) in [4.78, 5) is 33.5. The summed E-state index contributed by atoms with van der Waals surface area (Å²) in [6.07, 6.45) is 5.11. The second-order valence-electron chi connectivity index (χ2n) is 9.02. The predicted octanol–water partition coefficient (Wildman–Crippen LogP) is 3.68. The number of fused-ring (bicyclic) bond motifs is 1. The number of rotatable bonds is 8. The number of nitrogens with one attached hydrogen (secondary N) is 1. The van der Waals surface area contributed by atoms with Crippen molar-refractivity contribution in [2.75, 3.05) is 18.0 Å². The van der Waals surface area contributed by atoms with Crippen molar-refractivity contribution in [1.82, 2.24) is 19.3 Å². The molecular formula is C25H21Cl2N5O6S. The topological polar surface area (TPSA) is 155 Å². The van der Waals surface area contributed by atoms with Crippen molar-refractivity contribution in [2.24, 2.45) is 5.92 Å². The van der Waals surface area contributed by atoms with Crippen molar-refractivity contribution in [3.63, 3.8) is 0 Å². The SMILES string of the molecule is O=C(O)c1ccc(S(=O)(=O)NC[C@@H]2C[C@@H](C(=O)O)N(c3cc(-n4ccnc4)c4ccc(Cl)c(Cl)c4n3)C2)cc1. The molecule has 0 spiro atoms. The lowest BCUT2D eigenvalue weighted by Crippen LogP contribution is -2.36. The molecule has 0 bridgehead atoms. The second-order valence-corrected chi connectivity index (χ2v) is 11.6. The Morgan fingerprint density at radius 3 is 2.49 bits per heavy atom. The predicted molar refractivity (Wildman–Crippen MR) is 144 cm³/mol. The third-order valence-corrected chi connectivity index (χ3v) is 8.79. The summed E-state index contributed by atoms with van der Waals surface area (Å²) in [7, 11) is -3.95. The number of hydrogen-bond donors (Lipinski definition) is 3. The smallest absolute Gasteiger partial charge is 0.335 e. The Balaban J connectivity index is 1.44. The Bertz CT molecular complexity index is 1680. The maximum Gasteiger partial charge on any atom is 0.335 e. The van der Waals surface area contributed by atoms with Crippen LogP contribution in [0.5, 0.6) is 0 Å². The number of nitrogens with zero attached hydrogens (tertiary/aromatic N) is 4. The highest BCUT2D eigenvalue weighted by Gasteiger charge is 2.38. The number of halogens is 2. The van der Waals surface area contributed by atoms with E-state index in [1.54, 1.807) is 46.4 Å². The number of hydrogen-bond acceptors (Lipinski definition) is 7. The van der Waals surface area contributed by atoms with Crippen LogP contribution in [-0.2, 0) is 14.8 Å². The molecule has 39 heavy (non-hydrogen) atoms. The first-order chi connectivity index (χ1) is 18.5. The number of aromatic nitrogens is 3. The van der Waals surface area contributed by atoms with Gasteiger partial charge in [-0.25, -0.2) is 32.7 Å². The number of benzene rings is 2. The highest BCUT2D eigenvalue weighted by molar-refractivity contribution is 7.89. The Morgan fingerprint density at radius 2 is 1.85 bits per heavy atom. The van der Waals surface area contributed by atoms with E-state index in [2.05, 4.69) is 14.7 Å². The standard InChI is InChI=1S/C25H21Cl2N5O6S/c26-18-6-5-17-19(31-8-7-28-13-31)10-21(30-23(17)22(18)27)32-12-14(9-20(32)25(35)36)11-29-39(37,38)16-3-1-15(2-4-16)24(33)34/h1-8,10,13-14,20,29H,9,11-12H2,(H,33,34)(H,35,36)/t14-,20-/m0/s1. The van der Waals surface area contributed by atoms with E-state index in [9.17, 15) is 23.1 Å². The normalized spacial score (nSPS) is 17.5. The molecule has 1 aliphatic rings. The molecule has 3 heterocycles. The van der Waals surface area contributed by atoms with Gasteiger partial charge < -0.3 is 19.7 Å². The highest BCUT2D eigenvalue weighted by Crippen LogP contribution is 2.37. The summed E-state index contributed by atoms with van der Waals surface area (Å²) in [5.74, 6) is -2.26. The first-order valence-corrected chi connectivity index (χ1v) is 13.9. The highest BCUT2D eigenvalue weighted by atomic mass is 35.5. The third kappa shape index (κ3) is 5.28. The van der Waals surface area contributed by atoms with Gasteiger partial charge in [-0.05, 0) is 48.7 Å². The van der Waals surface area contributed by atoms with E-state index in [-0.39, 0.29) is 40.9 Å². The summed E-state index contributed by atoms with van der Waals surface area (Å²) in [6, 6.07) is 9.02.